The molecular weight excluding hydrogens is 250 g/mol. The Balaban J connectivity index is 1.60. The summed E-state index contributed by atoms with van der Waals surface area (Å²) in [6.45, 7) is 7.42. The van der Waals surface area contributed by atoms with Gasteiger partial charge >= 0.3 is 0 Å². The van der Waals surface area contributed by atoms with Crippen LogP contribution in [0.25, 0.3) is 11.3 Å². The highest BCUT2D eigenvalue weighted by Gasteiger charge is 2.31. The molecule has 0 atom stereocenters. The number of benzene rings is 1. The van der Waals surface area contributed by atoms with Crippen LogP contribution in [0.3, 0.4) is 0 Å². The summed E-state index contributed by atoms with van der Waals surface area (Å²) in [5.74, 6) is 2.03. The van der Waals surface area contributed by atoms with Gasteiger partial charge in [0, 0.05) is 5.56 Å². The van der Waals surface area contributed by atoms with Crippen LogP contribution < -0.4 is 0 Å². The zero-order valence-corrected chi connectivity index (χ0v) is 11.3. The van der Waals surface area contributed by atoms with Gasteiger partial charge in [-0.1, -0.05) is 37.4 Å². The first-order valence-electron chi connectivity index (χ1n) is 6.73. The van der Waals surface area contributed by atoms with E-state index in [1.165, 1.54) is 12.0 Å². The van der Waals surface area contributed by atoms with E-state index < -0.39 is 0 Å². The molecule has 0 amide bonds. The van der Waals surface area contributed by atoms with Crippen LogP contribution >= 0.6 is 0 Å². The van der Waals surface area contributed by atoms with Gasteiger partial charge < -0.3 is 9.15 Å². The van der Waals surface area contributed by atoms with Crippen LogP contribution in [0.5, 0.6) is 0 Å². The van der Waals surface area contributed by atoms with E-state index in [0.717, 1.165) is 24.2 Å². The van der Waals surface area contributed by atoms with Crippen LogP contribution in [0.4, 0.5) is 0 Å². The van der Waals surface area contributed by atoms with Gasteiger partial charge in [0.25, 0.3) is 0 Å². The third-order valence-corrected chi connectivity index (χ3v) is 3.74. The molecule has 3 heteroatoms. The number of aromatic nitrogens is 1. The van der Waals surface area contributed by atoms with Gasteiger partial charge in [-0.05, 0) is 30.4 Å². The van der Waals surface area contributed by atoms with Gasteiger partial charge in [-0.25, -0.2) is 4.98 Å². The fourth-order valence-electron chi connectivity index (χ4n) is 2.47. The van der Waals surface area contributed by atoms with Crippen LogP contribution in [-0.2, 0) is 4.74 Å². The minimum absolute atomic E-state index is 0.277. The van der Waals surface area contributed by atoms with Crippen LogP contribution in [0.15, 0.2) is 66.3 Å². The van der Waals surface area contributed by atoms with E-state index in [1.807, 2.05) is 0 Å². The lowest BCUT2D eigenvalue weighted by molar-refractivity contribution is 0.0433. The van der Waals surface area contributed by atoms with Crippen molar-refractivity contribution in [3.8, 4) is 11.3 Å². The van der Waals surface area contributed by atoms with Gasteiger partial charge in [0.05, 0.1) is 12.3 Å². The van der Waals surface area contributed by atoms with Gasteiger partial charge in [-0.15, -0.1) is 0 Å². The zero-order chi connectivity index (χ0) is 13.9. The molecule has 20 heavy (non-hydrogen) atoms. The number of hydrogen-bond donors (Lipinski definition) is 0. The summed E-state index contributed by atoms with van der Waals surface area (Å²) in [6.07, 6.45) is 7.18. The largest absolute Gasteiger partial charge is 0.491 e. The monoisotopic (exact) mass is 267 g/mol. The van der Waals surface area contributed by atoms with E-state index in [0.29, 0.717) is 11.7 Å². The predicted molar refractivity (Wildman–Crippen MR) is 78.1 cm³/mol. The van der Waals surface area contributed by atoms with Crippen molar-refractivity contribution >= 4 is 0 Å². The number of hydrogen-bond acceptors (Lipinski definition) is 3. The molecule has 102 valence electrons. The van der Waals surface area contributed by atoms with Crippen molar-refractivity contribution in [1.82, 2.24) is 4.98 Å². The molecule has 1 aromatic carbocycles. The van der Waals surface area contributed by atoms with Crippen LogP contribution in [0.2, 0.25) is 0 Å². The topological polar surface area (TPSA) is 35.3 Å². The Labute approximate surface area is 118 Å². The Kier molecular flexibility index (Phi) is 3.42. The normalized spacial score (nSPS) is 21.0. The first kappa shape index (κ1) is 12.7. The molecule has 3 rings (SSSR count). The molecule has 0 radical (unpaired) electrons. The second kappa shape index (κ2) is 5.37. The molecule has 0 aliphatic heterocycles. The number of allylic oxidation sites excluding steroid dienone is 1. The molecule has 0 unspecified atom stereocenters. The van der Waals surface area contributed by atoms with Crippen molar-refractivity contribution in [3.63, 3.8) is 0 Å². The second-order valence-electron chi connectivity index (χ2n) is 5.07. The Bertz CT molecular complexity index is 592. The maximum absolute atomic E-state index is 5.63. The van der Waals surface area contributed by atoms with Crippen molar-refractivity contribution < 1.29 is 9.15 Å². The van der Waals surface area contributed by atoms with Gasteiger partial charge in [-0.2, -0.15) is 0 Å². The smallest absolute Gasteiger partial charge is 0.181 e. The van der Waals surface area contributed by atoms with Crippen LogP contribution in [-0.4, -0.2) is 11.1 Å². The summed E-state index contributed by atoms with van der Waals surface area (Å²) in [5, 5.41) is 0. The Hall–Kier alpha value is -2.29. The first-order chi connectivity index (χ1) is 9.76. The van der Waals surface area contributed by atoms with E-state index in [2.05, 4.69) is 42.4 Å². The third-order valence-electron chi connectivity index (χ3n) is 3.74. The van der Waals surface area contributed by atoms with E-state index >= 15 is 0 Å². The highest BCUT2D eigenvalue weighted by atomic mass is 16.5. The standard InChI is InChI=1S/C17H17NO2/c1-3-12(2)20-16-8-15(9-16)13-4-6-14(7-5-13)17-10-18-11-19-17/h3-7,10-11,15-16H,1-2,8-9H2. The number of oxazole rings is 1. The van der Waals surface area contributed by atoms with Crippen molar-refractivity contribution in [2.75, 3.05) is 0 Å². The van der Waals surface area contributed by atoms with Gasteiger partial charge in [-0.3, -0.25) is 0 Å². The van der Waals surface area contributed by atoms with E-state index in [-0.39, 0.29) is 6.10 Å². The van der Waals surface area contributed by atoms with Crippen molar-refractivity contribution in [1.29, 1.82) is 0 Å². The molecule has 0 bridgehead atoms. The number of rotatable bonds is 5. The van der Waals surface area contributed by atoms with Crippen molar-refractivity contribution in [2.24, 2.45) is 0 Å². The highest BCUT2D eigenvalue weighted by Crippen LogP contribution is 2.40. The maximum atomic E-state index is 5.63. The Morgan fingerprint density at radius 2 is 2.05 bits per heavy atom. The zero-order valence-electron chi connectivity index (χ0n) is 11.3. The summed E-state index contributed by atoms with van der Waals surface area (Å²) >= 11 is 0. The molecular formula is C17H17NO2. The second-order valence-corrected chi connectivity index (χ2v) is 5.07. The SMILES string of the molecule is C=CC(=C)OC1CC(c2ccc(-c3cnco3)cc2)C1. The lowest BCUT2D eigenvalue weighted by Crippen LogP contribution is -2.29. The molecule has 1 saturated carbocycles. The average molecular weight is 267 g/mol. The number of ether oxygens (including phenoxy) is 1. The van der Waals surface area contributed by atoms with Crippen LogP contribution in [0.1, 0.15) is 24.3 Å². The third kappa shape index (κ3) is 2.52. The molecule has 1 aliphatic carbocycles. The molecule has 1 aromatic heterocycles. The summed E-state index contributed by atoms with van der Waals surface area (Å²) in [6, 6.07) is 8.46. The van der Waals surface area contributed by atoms with Crippen molar-refractivity contribution in [2.45, 2.75) is 24.9 Å². The van der Waals surface area contributed by atoms with E-state index in [1.54, 1.807) is 12.3 Å². The fraction of sp³-hybridized carbons (Fsp3) is 0.235. The molecule has 1 heterocycles. The Morgan fingerprint density at radius 3 is 2.65 bits per heavy atom. The molecule has 3 nitrogen and oxygen atoms in total. The summed E-state index contributed by atoms with van der Waals surface area (Å²) in [7, 11) is 0. The van der Waals surface area contributed by atoms with Gasteiger partial charge in [0.1, 0.15) is 5.76 Å². The first-order valence-corrected chi connectivity index (χ1v) is 6.73. The highest BCUT2D eigenvalue weighted by molar-refractivity contribution is 5.56. The molecule has 0 saturated heterocycles. The molecule has 1 aliphatic rings. The quantitative estimate of drug-likeness (QED) is 0.598. The lowest BCUT2D eigenvalue weighted by Gasteiger charge is -2.35. The maximum Gasteiger partial charge on any atom is 0.181 e. The fourth-order valence-corrected chi connectivity index (χ4v) is 2.47. The lowest BCUT2D eigenvalue weighted by atomic mass is 9.77. The van der Waals surface area contributed by atoms with Crippen molar-refractivity contribution in [3.05, 3.63) is 67.4 Å². The minimum Gasteiger partial charge on any atom is -0.491 e. The Morgan fingerprint density at radius 1 is 1.30 bits per heavy atom. The van der Waals surface area contributed by atoms with E-state index in [4.69, 9.17) is 9.15 Å². The minimum atomic E-state index is 0.277. The summed E-state index contributed by atoms with van der Waals surface area (Å²) in [4.78, 5) is 3.93. The molecule has 1 fully saturated rings. The summed E-state index contributed by atoms with van der Waals surface area (Å²) in [5.41, 5.74) is 2.40. The van der Waals surface area contributed by atoms with Gasteiger partial charge in [0.15, 0.2) is 12.2 Å². The molecule has 0 N–H and O–H groups in total. The predicted octanol–water partition coefficient (Wildman–Crippen LogP) is 4.30. The molecule has 0 spiro atoms. The number of nitrogens with zero attached hydrogens (tertiary/aromatic N) is 1. The summed E-state index contributed by atoms with van der Waals surface area (Å²) < 4.78 is 10.9. The van der Waals surface area contributed by atoms with Gasteiger partial charge in [0.2, 0.25) is 0 Å². The molecule has 2 aromatic rings. The van der Waals surface area contributed by atoms with E-state index in [9.17, 15) is 0 Å². The average Bonchev–Trinajstić information content (AvgIpc) is 2.96. The van der Waals surface area contributed by atoms with Crippen LogP contribution in [0, 0.1) is 0 Å².